The Morgan fingerprint density at radius 3 is 2.74 bits per heavy atom. The van der Waals surface area contributed by atoms with Crippen LogP contribution in [-0.4, -0.2) is 27.8 Å². The number of aromatic hydroxyl groups is 1. The molecule has 1 aliphatic rings. The summed E-state index contributed by atoms with van der Waals surface area (Å²) in [5.41, 5.74) is 1.55. The zero-order chi connectivity index (χ0) is 19.6. The first-order chi connectivity index (χ1) is 12.9. The second kappa shape index (κ2) is 8.66. The predicted molar refractivity (Wildman–Crippen MR) is 118 cm³/mol. The first-order valence-electron chi connectivity index (χ1n) is 8.04. The molecule has 1 heterocycles. The number of imide groups is 1. The molecule has 0 radical (unpaired) electrons. The fourth-order valence-electron chi connectivity index (χ4n) is 2.53. The summed E-state index contributed by atoms with van der Waals surface area (Å²) in [7, 11) is 0. The lowest BCUT2D eigenvalue weighted by Gasteiger charge is -2.13. The zero-order valence-electron chi connectivity index (χ0n) is 14.2. The molecule has 1 N–H and O–H groups in total. The van der Waals surface area contributed by atoms with Gasteiger partial charge in [-0.15, -0.1) is 0 Å². The molecule has 0 spiro atoms. The Labute approximate surface area is 183 Å². The largest absolute Gasteiger partial charge is 0.504 e. The normalized spacial score (nSPS) is 15.7. The number of amides is 2. The van der Waals surface area contributed by atoms with Gasteiger partial charge < -0.3 is 9.84 Å². The number of rotatable bonds is 5. The summed E-state index contributed by atoms with van der Waals surface area (Å²) >= 11 is 6.35. The second-order valence-corrected chi connectivity index (χ2v) is 8.65. The minimum absolute atomic E-state index is 0.0663. The molecule has 1 saturated heterocycles. The van der Waals surface area contributed by atoms with Crippen LogP contribution in [0, 0.1) is 3.57 Å². The van der Waals surface area contributed by atoms with Crippen LogP contribution >= 0.6 is 50.3 Å². The maximum absolute atomic E-state index is 12.7. The Kier molecular flexibility index (Phi) is 6.48. The average Bonchev–Trinajstić information content (AvgIpc) is 2.88. The van der Waals surface area contributed by atoms with Gasteiger partial charge in [0.1, 0.15) is 0 Å². The zero-order valence-corrected chi connectivity index (χ0v) is 18.8. The van der Waals surface area contributed by atoms with Gasteiger partial charge in [-0.1, -0.05) is 34.1 Å². The summed E-state index contributed by atoms with van der Waals surface area (Å²) in [6, 6.07) is 10.9. The summed E-state index contributed by atoms with van der Waals surface area (Å²) in [5, 5.41) is 9.74. The number of phenols is 1. The fourth-order valence-corrected chi connectivity index (χ4v) is 4.40. The van der Waals surface area contributed by atoms with Crippen LogP contribution in [0.15, 0.2) is 45.8 Å². The Bertz CT molecular complexity index is 947. The Balaban J connectivity index is 1.87. The van der Waals surface area contributed by atoms with E-state index in [1.54, 1.807) is 18.2 Å². The van der Waals surface area contributed by atoms with Crippen LogP contribution in [0.4, 0.5) is 4.79 Å². The number of carbonyl (C=O) groups is 2. The van der Waals surface area contributed by atoms with Crippen molar-refractivity contribution in [1.82, 2.24) is 4.90 Å². The van der Waals surface area contributed by atoms with Gasteiger partial charge in [0, 0.05) is 4.47 Å². The highest BCUT2D eigenvalue weighted by Crippen LogP contribution is 2.37. The Hall–Kier alpha value is -1.52. The molecule has 3 rings (SSSR count). The number of thioether (sulfide) groups is 1. The number of nitrogens with zero attached hydrogens (tertiary/aromatic N) is 1. The molecular formula is C19H15BrINO4S. The van der Waals surface area contributed by atoms with E-state index in [-0.39, 0.29) is 23.4 Å². The molecule has 1 fully saturated rings. The topological polar surface area (TPSA) is 66.8 Å². The molecule has 2 aromatic rings. The number of carbonyl (C=O) groups excluding carboxylic acids is 2. The molecule has 2 aromatic carbocycles. The average molecular weight is 560 g/mol. The number of phenolic OH excluding ortho intramolecular Hbond substituents is 1. The maximum Gasteiger partial charge on any atom is 0.293 e. The van der Waals surface area contributed by atoms with E-state index < -0.39 is 0 Å². The number of hydrogen-bond acceptors (Lipinski definition) is 5. The molecule has 0 saturated carbocycles. The van der Waals surface area contributed by atoms with E-state index in [1.807, 2.05) is 53.8 Å². The molecule has 0 bridgehead atoms. The van der Waals surface area contributed by atoms with Gasteiger partial charge in [0.2, 0.25) is 0 Å². The standard InChI is InChI=1S/C19H15BrINO4S/c1-2-26-15-8-11(7-14(21)17(15)23)9-16-18(24)22(19(25)27-16)10-12-5-3-4-6-13(12)20/h3-9,23H,2,10H2,1H3/b16-9-. The molecule has 27 heavy (non-hydrogen) atoms. The molecule has 1 aliphatic heterocycles. The molecule has 8 heteroatoms. The fraction of sp³-hybridized carbons (Fsp3) is 0.158. The highest BCUT2D eigenvalue weighted by atomic mass is 127. The van der Waals surface area contributed by atoms with Gasteiger partial charge in [0.05, 0.1) is 21.6 Å². The lowest BCUT2D eigenvalue weighted by molar-refractivity contribution is -0.123. The lowest BCUT2D eigenvalue weighted by Crippen LogP contribution is -2.27. The third-order valence-electron chi connectivity index (χ3n) is 3.81. The van der Waals surface area contributed by atoms with E-state index in [0.29, 0.717) is 26.4 Å². The summed E-state index contributed by atoms with van der Waals surface area (Å²) in [6.45, 7) is 2.45. The van der Waals surface area contributed by atoms with Crippen LogP contribution in [0.25, 0.3) is 6.08 Å². The number of ether oxygens (including phenoxy) is 1. The van der Waals surface area contributed by atoms with Gasteiger partial charge in [0.25, 0.3) is 11.1 Å². The van der Waals surface area contributed by atoms with Gasteiger partial charge >= 0.3 is 0 Å². The van der Waals surface area contributed by atoms with Crippen LogP contribution in [-0.2, 0) is 11.3 Å². The number of hydrogen-bond donors (Lipinski definition) is 1. The molecule has 0 aliphatic carbocycles. The van der Waals surface area contributed by atoms with E-state index in [9.17, 15) is 14.7 Å². The van der Waals surface area contributed by atoms with Crippen LogP contribution in [0.2, 0.25) is 0 Å². The molecule has 140 valence electrons. The lowest BCUT2D eigenvalue weighted by atomic mass is 10.1. The quantitative estimate of drug-likeness (QED) is 0.393. The van der Waals surface area contributed by atoms with E-state index in [4.69, 9.17) is 4.74 Å². The molecular weight excluding hydrogens is 545 g/mol. The first kappa shape index (κ1) is 20.2. The summed E-state index contributed by atoms with van der Waals surface area (Å²) in [5.74, 6) is 0.0847. The monoisotopic (exact) mass is 559 g/mol. The van der Waals surface area contributed by atoms with Crippen molar-refractivity contribution in [2.75, 3.05) is 6.61 Å². The number of benzene rings is 2. The van der Waals surface area contributed by atoms with Crippen LogP contribution in [0.1, 0.15) is 18.1 Å². The van der Waals surface area contributed by atoms with Gasteiger partial charge in [-0.2, -0.15) is 0 Å². The van der Waals surface area contributed by atoms with Crippen molar-refractivity contribution in [3.63, 3.8) is 0 Å². The molecule has 2 amide bonds. The third-order valence-corrected chi connectivity index (χ3v) is 6.31. The van der Waals surface area contributed by atoms with Crippen molar-refractivity contribution in [2.45, 2.75) is 13.5 Å². The second-order valence-electron chi connectivity index (χ2n) is 5.64. The minimum atomic E-state index is -0.332. The van der Waals surface area contributed by atoms with E-state index >= 15 is 0 Å². The van der Waals surface area contributed by atoms with Crippen LogP contribution in [0.5, 0.6) is 11.5 Å². The third kappa shape index (κ3) is 4.49. The SMILES string of the molecule is CCOc1cc(/C=C2\SC(=O)N(Cc3ccccc3Br)C2=O)cc(I)c1O. The van der Waals surface area contributed by atoms with Crippen LogP contribution in [0.3, 0.4) is 0 Å². The predicted octanol–water partition coefficient (Wildman–Crippen LogP) is 5.39. The molecule has 0 aromatic heterocycles. The maximum atomic E-state index is 12.7. The Morgan fingerprint density at radius 2 is 2.04 bits per heavy atom. The molecule has 5 nitrogen and oxygen atoms in total. The molecule has 0 atom stereocenters. The summed E-state index contributed by atoms with van der Waals surface area (Å²) < 4.78 is 6.88. The van der Waals surface area contributed by atoms with Crippen molar-refractivity contribution >= 4 is 67.5 Å². The summed E-state index contributed by atoms with van der Waals surface area (Å²) in [6.07, 6.45) is 1.65. The van der Waals surface area contributed by atoms with Crippen molar-refractivity contribution < 1.29 is 19.4 Å². The van der Waals surface area contributed by atoms with Crippen molar-refractivity contribution in [2.24, 2.45) is 0 Å². The highest BCUT2D eigenvalue weighted by molar-refractivity contribution is 14.1. The molecule has 0 unspecified atom stereocenters. The van der Waals surface area contributed by atoms with E-state index in [2.05, 4.69) is 15.9 Å². The van der Waals surface area contributed by atoms with Gasteiger partial charge in [-0.05, 0) is 76.7 Å². The van der Waals surface area contributed by atoms with E-state index in [0.717, 1.165) is 21.8 Å². The van der Waals surface area contributed by atoms with Gasteiger partial charge in [-0.25, -0.2) is 0 Å². The Morgan fingerprint density at radius 1 is 1.30 bits per heavy atom. The van der Waals surface area contributed by atoms with Crippen LogP contribution < -0.4 is 4.74 Å². The van der Waals surface area contributed by atoms with E-state index in [1.165, 1.54) is 4.90 Å². The van der Waals surface area contributed by atoms with Gasteiger partial charge in [-0.3, -0.25) is 14.5 Å². The highest BCUT2D eigenvalue weighted by Gasteiger charge is 2.35. The van der Waals surface area contributed by atoms with Gasteiger partial charge in [0.15, 0.2) is 11.5 Å². The number of halogens is 2. The van der Waals surface area contributed by atoms with Crippen molar-refractivity contribution in [3.05, 3.63) is 60.5 Å². The summed E-state index contributed by atoms with van der Waals surface area (Å²) in [4.78, 5) is 26.6. The minimum Gasteiger partial charge on any atom is -0.504 e. The van der Waals surface area contributed by atoms with Crippen molar-refractivity contribution in [3.8, 4) is 11.5 Å². The smallest absolute Gasteiger partial charge is 0.293 e. The first-order valence-corrected chi connectivity index (χ1v) is 10.7. The van der Waals surface area contributed by atoms with Crippen molar-refractivity contribution in [1.29, 1.82) is 0 Å².